The number of methoxy groups -OCH3 is 1. The van der Waals surface area contributed by atoms with Crippen LogP contribution in [-0.4, -0.2) is 38.0 Å². The van der Waals surface area contributed by atoms with Gasteiger partial charge in [0.05, 0.1) is 13.2 Å². The molecular formula is C19H22N2O3. The quantitative estimate of drug-likeness (QED) is 0.731. The van der Waals surface area contributed by atoms with Crippen LogP contribution in [0.25, 0.3) is 0 Å². The molecule has 1 amide bonds. The molecule has 2 aromatic rings. The van der Waals surface area contributed by atoms with Crippen molar-refractivity contribution in [2.24, 2.45) is 0 Å². The third-order valence-electron chi connectivity index (χ3n) is 3.44. The molecule has 0 fully saturated rings. The maximum absolute atomic E-state index is 12.4. The highest BCUT2D eigenvalue weighted by atomic mass is 16.5. The van der Waals surface area contributed by atoms with Crippen molar-refractivity contribution < 1.29 is 14.3 Å². The van der Waals surface area contributed by atoms with E-state index < -0.39 is 0 Å². The van der Waals surface area contributed by atoms with Gasteiger partial charge in [-0.1, -0.05) is 42.5 Å². The molecule has 0 bridgehead atoms. The molecule has 2 rings (SSSR count). The van der Waals surface area contributed by atoms with E-state index in [1.54, 1.807) is 37.4 Å². The fourth-order valence-corrected chi connectivity index (χ4v) is 2.33. The van der Waals surface area contributed by atoms with E-state index in [-0.39, 0.29) is 24.3 Å². The first-order chi connectivity index (χ1) is 11.6. The lowest BCUT2D eigenvalue weighted by molar-refractivity contribution is -0.120. The van der Waals surface area contributed by atoms with Crippen LogP contribution in [-0.2, 0) is 9.53 Å². The van der Waals surface area contributed by atoms with E-state index in [1.807, 2.05) is 31.2 Å². The lowest BCUT2D eigenvalue weighted by Crippen LogP contribution is -2.39. The maximum atomic E-state index is 12.4. The number of hydrogen-bond acceptors (Lipinski definition) is 4. The van der Waals surface area contributed by atoms with Gasteiger partial charge in [-0.05, 0) is 19.1 Å². The summed E-state index contributed by atoms with van der Waals surface area (Å²) in [6.07, 6.45) is 0. The molecule has 0 heterocycles. The molecule has 5 nitrogen and oxygen atoms in total. The van der Waals surface area contributed by atoms with Crippen molar-refractivity contribution in [3.8, 4) is 0 Å². The highest BCUT2D eigenvalue weighted by Crippen LogP contribution is 2.14. The minimum Gasteiger partial charge on any atom is -0.383 e. The third-order valence-corrected chi connectivity index (χ3v) is 3.44. The van der Waals surface area contributed by atoms with E-state index in [9.17, 15) is 9.59 Å². The Morgan fingerprint density at radius 3 is 2.46 bits per heavy atom. The molecule has 0 saturated heterocycles. The highest BCUT2D eigenvalue weighted by Gasteiger charge is 2.10. The Kier molecular flexibility index (Phi) is 6.51. The molecule has 0 radical (unpaired) electrons. The normalized spacial score (nSPS) is 11.6. The second-order valence-corrected chi connectivity index (χ2v) is 5.55. The van der Waals surface area contributed by atoms with Gasteiger partial charge in [-0.15, -0.1) is 0 Å². The van der Waals surface area contributed by atoms with Crippen molar-refractivity contribution in [3.63, 3.8) is 0 Å². The second-order valence-electron chi connectivity index (χ2n) is 5.55. The molecule has 126 valence electrons. The topological polar surface area (TPSA) is 67.4 Å². The summed E-state index contributed by atoms with van der Waals surface area (Å²) in [7, 11) is 1.59. The average Bonchev–Trinajstić information content (AvgIpc) is 2.60. The van der Waals surface area contributed by atoms with E-state index in [0.29, 0.717) is 17.7 Å². The van der Waals surface area contributed by atoms with Crippen LogP contribution < -0.4 is 10.6 Å². The van der Waals surface area contributed by atoms with Gasteiger partial charge in [0.2, 0.25) is 5.91 Å². The molecule has 24 heavy (non-hydrogen) atoms. The van der Waals surface area contributed by atoms with Crippen LogP contribution in [0.5, 0.6) is 0 Å². The summed E-state index contributed by atoms with van der Waals surface area (Å²) in [5.41, 5.74) is 1.95. The third kappa shape index (κ3) is 5.21. The molecule has 0 saturated carbocycles. The van der Waals surface area contributed by atoms with Gasteiger partial charge in [0, 0.05) is 30.0 Å². The second kappa shape index (κ2) is 8.84. The zero-order chi connectivity index (χ0) is 17.4. The molecule has 2 aromatic carbocycles. The predicted molar refractivity (Wildman–Crippen MR) is 94.3 cm³/mol. The molecule has 0 aromatic heterocycles. The lowest BCUT2D eigenvalue weighted by Gasteiger charge is -2.13. The SMILES string of the molecule is COCC(C)NC(=O)CNc1cccc(C(=O)c2ccccc2)c1. The lowest BCUT2D eigenvalue weighted by atomic mass is 10.0. The summed E-state index contributed by atoms with van der Waals surface area (Å²) in [6.45, 7) is 2.48. The number of amides is 1. The Labute approximate surface area is 142 Å². The number of rotatable bonds is 8. The molecule has 0 spiro atoms. The van der Waals surface area contributed by atoms with E-state index in [2.05, 4.69) is 10.6 Å². The Bertz CT molecular complexity index is 686. The number of anilines is 1. The van der Waals surface area contributed by atoms with Crippen LogP contribution in [0.3, 0.4) is 0 Å². The Hall–Kier alpha value is -2.66. The Morgan fingerprint density at radius 2 is 1.75 bits per heavy atom. The van der Waals surface area contributed by atoms with Gasteiger partial charge in [-0.25, -0.2) is 0 Å². The van der Waals surface area contributed by atoms with Gasteiger partial charge < -0.3 is 15.4 Å². The number of hydrogen-bond donors (Lipinski definition) is 2. The average molecular weight is 326 g/mol. The summed E-state index contributed by atoms with van der Waals surface area (Å²) >= 11 is 0. The molecule has 2 N–H and O–H groups in total. The summed E-state index contributed by atoms with van der Waals surface area (Å²) in [6, 6.07) is 16.2. The van der Waals surface area contributed by atoms with Crippen molar-refractivity contribution in [3.05, 3.63) is 65.7 Å². The smallest absolute Gasteiger partial charge is 0.239 e. The summed E-state index contributed by atoms with van der Waals surface area (Å²) < 4.78 is 4.98. The van der Waals surface area contributed by atoms with Crippen molar-refractivity contribution in [1.29, 1.82) is 0 Å². The molecule has 0 aliphatic rings. The van der Waals surface area contributed by atoms with E-state index in [0.717, 1.165) is 5.69 Å². The first kappa shape index (κ1) is 17.7. The first-order valence-corrected chi connectivity index (χ1v) is 7.82. The largest absolute Gasteiger partial charge is 0.383 e. The molecule has 1 atom stereocenters. The zero-order valence-electron chi connectivity index (χ0n) is 13.9. The fourth-order valence-electron chi connectivity index (χ4n) is 2.33. The minimum absolute atomic E-state index is 0.0441. The number of ether oxygens (including phenoxy) is 1. The number of benzene rings is 2. The monoisotopic (exact) mass is 326 g/mol. The van der Waals surface area contributed by atoms with Gasteiger partial charge in [0.1, 0.15) is 0 Å². The molecule has 0 aliphatic heterocycles. The van der Waals surface area contributed by atoms with E-state index >= 15 is 0 Å². The van der Waals surface area contributed by atoms with Crippen LogP contribution >= 0.6 is 0 Å². The number of nitrogens with one attached hydrogen (secondary N) is 2. The fraction of sp³-hybridized carbons (Fsp3) is 0.263. The van der Waals surface area contributed by atoms with Crippen molar-refractivity contribution >= 4 is 17.4 Å². The maximum Gasteiger partial charge on any atom is 0.239 e. The van der Waals surface area contributed by atoms with Gasteiger partial charge in [-0.2, -0.15) is 0 Å². The van der Waals surface area contributed by atoms with E-state index in [4.69, 9.17) is 4.74 Å². The van der Waals surface area contributed by atoms with Crippen LogP contribution in [0.4, 0.5) is 5.69 Å². The minimum atomic E-state index is -0.126. The van der Waals surface area contributed by atoms with Crippen LogP contribution in [0.2, 0.25) is 0 Å². The molecule has 5 heteroatoms. The number of carbonyl (C=O) groups is 2. The summed E-state index contributed by atoms with van der Waals surface area (Å²) in [4.78, 5) is 24.3. The summed E-state index contributed by atoms with van der Waals surface area (Å²) in [5, 5.41) is 5.85. The van der Waals surface area contributed by atoms with Crippen molar-refractivity contribution in [1.82, 2.24) is 5.32 Å². The molecular weight excluding hydrogens is 304 g/mol. The van der Waals surface area contributed by atoms with Crippen molar-refractivity contribution in [2.75, 3.05) is 25.6 Å². The van der Waals surface area contributed by atoms with Gasteiger partial charge in [0.25, 0.3) is 0 Å². The highest BCUT2D eigenvalue weighted by molar-refractivity contribution is 6.09. The summed E-state index contributed by atoms with van der Waals surface area (Å²) in [5.74, 6) is -0.170. The zero-order valence-corrected chi connectivity index (χ0v) is 13.9. The Morgan fingerprint density at radius 1 is 1.04 bits per heavy atom. The standard InChI is InChI=1S/C19H22N2O3/c1-14(13-24-2)21-18(22)12-20-17-10-6-9-16(11-17)19(23)15-7-4-3-5-8-15/h3-11,14,20H,12-13H2,1-2H3,(H,21,22). The predicted octanol–water partition coefficient (Wildman–Crippen LogP) is 2.48. The van der Waals surface area contributed by atoms with Gasteiger partial charge >= 0.3 is 0 Å². The molecule has 1 unspecified atom stereocenters. The van der Waals surface area contributed by atoms with Crippen molar-refractivity contribution in [2.45, 2.75) is 13.0 Å². The van der Waals surface area contributed by atoms with Crippen LogP contribution in [0.15, 0.2) is 54.6 Å². The van der Waals surface area contributed by atoms with Crippen LogP contribution in [0, 0.1) is 0 Å². The number of ketones is 1. The van der Waals surface area contributed by atoms with Gasteiger partial charge in [-0.3, -0.25) is 9.59 Å². The Balaban J connectivity index is 1.96. The van der Waals surface area contributed by atoms with Crippen LogP contribution in [0.1, 0.15) is 22.8 Å². The van der Waals surface area contributed by atoms with Gasteiger partial charge in [0.15, 0.2) is 5.78 Å². The first-order valence-electron chi connectivity index (χ1n) is 7.82. The number of carbonyl (C=O) groups excluding carboxylic acids is 2. The van der Waals surface area contributed by atoms with E-state index in [1.165, 1.54) is 0 Å². The molecule has 0 aliphatic carbocycles.